The third kappa shape index (κ3) is 2.34. The molecular formula is C13H18N2O3S. The predicted octanol–water partition coefficient (Wildman–Crippen LogP) is 1.87. The fourth-order valence-electron chi connectivity index (χ4n) is 2.92. The fraction of sp³-hybridized carbons (Fsp3) is 0.692. The Balaban J connectivity index is 1.84. The van der Waals surface area contributed by atoms with E-state index in [0.717, 1.165) is 35.2 Å². The van der Waals surface area contributed by atoms with Gasteiger partial charge in [-0.3, -0.25) is 4.79 Å². The largest absolute Gasteiger partial charge is 0.481 e. The van der Waals surface area contributed by atoms with Gasteiger partial charge in [-0.25, -0.2) is 4.98 Å². The van der Waals surface area contributed by atoms with Crippen LogP contribution in [-0.2, 0) is 16.0 Å². The molecule has 1 fully saturated rings. The van der Waals surface area contributed by atoms with E-state index in [1.54, 1.807) is 11.3 Å². The van der Waals surface area contributed by atoms with Gasteiger partial charge in [0, 0.05) is 18.0 Å². The normalized spacial score (nSPS) is 30.4. The molecule has 1 aromatic heterocycles. The lowest BCUT2D eigenvalue weighted by molar-refractivity contribution is -0.138. The quantitative estimate of drug-likeness (QED) is 0.897. The third-order valence-corrected chi connectivity index (χ3v) is 4.89. The van der Waals surface area contributed by atoms with Crippen LogP contribution in [0.3, 0.4) is 0 Å². The van der Waals surface area contributed by atoms with Crippen LogP contribution in [0, 0.1) is 0 Å². The number of hydrogen-bond donors (Lipinski definition) is 1. The van der Waals surface area contributed by atoms with Gasteiger partial charge in [0.05, 0.1) is 17.9 Å². The van der Waals surface area contributed by atoms with E-state index in [0.29, 0.717) is 6.42 Å². The highest BCUT2D eigenvalue weighted by atomic mass is 32.1. The van der Waals surface area contributed by atoms with Crippen molar-refractivity contribution in [2.45, 2.75) is 44.8 Å². The van der Waals surface area contributed by atoms with Crippen LogP contribution in [0.15, 0.2) is 0 Å². The Morgan fingerprint density at radius 3 is 2.74 bits per heavy atom. The number of ether oxygens (including phenoxy) is 1. The topological polar surface area (TPSA) is 62.7 Å². The first kappa shape index (κ1) is 12.9. The van der Waals surface area contributed by atoms with Gasteiger partial charge in [-0.1, -0.05) is 0 Å². The lowest BCUT2D eigenvalue weighted by Crippen LogP contribution is -2.45. The molecule has 1 N–H and O–H groups in total. The molecule has 2 aliphatic rings. The van der Waals surface area contributed by atoms with Crippen molar-refractivity contribution in [1.82, 2.24) is 4.98 Å². The second kappa shape index (κ2) is 4.76. The zero-order valence-corrected chi connectivity index (χ0v) is 11.9. The summed E-state index contributed by atoms with van der Waals surface area (Å²) in [6.45, 7) is 5.77. The molecule has 3 rings (SSSR count). The number of aliphatic carboxylic acids is 1. The van der Waals surface area contributed by atoms with Gasteiger partial charge in [0.15, 0.2) is 5.13 Å². The van der Waals surface area contributed by atoms with Crippen LogP contribution in [-0.4, -0.2) is 41.4 Å². The molecule has 1 aliphatic carbocycles. The van der Waals surface area contributed by atoms with Crippen LogP contribution < -0.4 is 4.90 Å². The van der Waals surface area contributed by atoms with Crippen LogP contribution in [0.25, 0.3) is 0 Å². The van der Waals surface area contributed by atoms with E-state index in [4.69, 9.17) is 4.74 Å². The van der Waals surface area contributed by atoms with Gasteiger partial charge in [0.25, 0.3) is 0 Å². The van der Waals surface area contributed by atoms with Crippen LogP contribution in [0.4, 0.5) is 5.13 Å². The Morgan fingerprint density at radius 2 is 2.11 bits per heavy atom. The Labute approximate surface area is 116 Å². The molecule has 3 atom stereocenters. The van der Waals surface area contributed by atoms with Crippen LogP contribution in [0.1, 0.15) is 36.8 Å². The predicted molar refractivity (Wildman–Crippen MR) is 73.0 cm³/mol. The highest BCUT2D eigenvalue weighted by Crippen LogP contribution is 2.40. The first-order valence-electron chi connectivity index (χ1n) is 6.67. The van der Waals surface area contributed by atoms with Crippen molar-refractivity contribution in [2.24, 2.45) is 0 Å². The average Bonchev–Trinajstić information content (AvgIpc) is 2.85. The number of fused-ring (bicyclic) bond motifs is 1. The SMILES string of the molecule is CC1CN(c2nc3c(s2)CCC3C(=O)O)CC(C)O1. The zero-order chi connectivity index (χ0) is 13.6. The summed E-state index contributed by atoms with van der Waals surface area (Å²) < 4.78 is 5.72. The number of nitrogens with zero attached hydrogens (tertiary/aromatic N) is 2. The number of carbonyl (C=O) groups is 1. The summed E-state index contributed by atoms with van der Waals surface area (Å²) in [5.74, 6) is -1.16. The number of aryl methyl sites for hydroxylation is 1. The maximum absolute atomic E-state index is 11.2. The van der Waals surface area contributed by atoms with E-state index < -0.39 is 11.9 Å². The van der Waals surface area contributed by atoms with Gasteiger partial charge < -0.3 is 14.7 Å². The number of morpholine rings is 1. The molecule has 5 nitrogen and oxygen atoms in total. The average molecular weight is 282 g/mol. The highest BCUT2D eigenvalue weighted by molar-refractivity contribution is 7.15. The van der Waals surface area contributed by atoms with Crippen LogP contribution in [0.5, 0.6) is 0 Å². The Bertz CT molecular complexity index is 492. The van der Waals surface area contributed by atoms with Crippen molar-refractivity contribution in [2.75, 3.05) is 18.0 Å². The lowest BCUT2D eigenvalue weighted by Gasteiger charge is -2.35. The molecule has 104 valence electrons. The number of carboxylic acids is 1. The maximum Gasteiger partial charge on any atom is 0.312 e. The Morgan fingerprint density at radius 1 is 1.42 bits per heavy atom. The molecular weight excluding hydrogens is 264 g/mol. The monoisotopic (exact) mass is 282 g/mol. The van der Waals surface area contributed by atoms with E-state index in [1.807, 2.05) is 0 Å². The molecule has 0 amide bonds. The number of aromatic nitrogens is 1. The van der Waals surface area contributed by atoms with Crippen molar-refractivity contribution in [1.29, 1.82) is 0 Å². The minimum Gasteiger partial charge on any atom is -0.481 e. The Kier molecular flexibility index (Phi) is 3.22. The first-order valence-corrected chi connectivity index (χ1v) is 7.49. The summed E-state index contributed by atoms with van der Waals surface area (Å²) >= 11 is 1.65. The van der Waals surface area contributed by atoms with Gasteiger partial charge in [-0.15, -0.1) is 11.3 Å². The molecule has 19 heavy (non-hydrogen) atoms. The van der Waals surface area contributed by atoms with Crippen molar-refractivity contribution in [3.63, 3.8) is 0 Å². The molecule has 0 spiro atoms. The van der Waals surface area contributed by atoms with Gasteiger partial charge in [-0.05, 0) is 26.7 Å². The summed E-state index contributed by atoms with van der Waals surface area (Å²) in [5, 5.41) is 10.2. The number of carboxylic acid groups (broad SMARTS) is 1. The van der Waals surface area contributed by atoms with E-state index in [1.165, 1.54) is 0 Å². The highest BCUT2D eigenvalue weighted by Gasteiger charge is 2.34. The molecule has 3 unspecified atom stereocenters. The molecule has 1 saturated heterocycles. The molecule has 1 aliphatic heterocycles. The molecule has 0 saturated carbocycles. The third-order valence-electron chi connectivity index (χ3n) is 3.69. The van der Waals surface area contributed by atoms with Crippen LogP contribution >= 0.6 is 11.3 Å². The summed E-state index contributed by atoms with van der Waals surface area (Å²) in [7, 11) is 0. The minimum absolute atomic E-state index is 0.192. The van der Waals surface area contributed by atoms with Gasteiger partial charge in [0.2, 0.25) is 0 Å². The first-order chi connectivity index (χ1) is 9.04. The molecule has 0 radical (unpaired) electrons. The van der Waals surface area contributed by atoms with E-state index in [-0.39, 0.29) is 12.2 Å². The summed E-state index contributed by atoms with van der Waals surface area (Å²) in [4.78, 5) is 19.1. The van der Waals surface area contributed by atoms with E-state index in [9.17, 15) is 9.90 Å². The van der Waals surface area contributed by atoms with E-state index >= 15 is 0 Å². The molecule has 2 heterocycles. The molecule has 1 aromatic rings. The second-order valence-electron chi connectivity index (χ2n) is 5.40. The van der Waals surface area contributed by atoms with Crippen molar-refractivity contribution in [3.8, 4) is 0 Å². The van der Waals surface area contributed by atoms with Crippen molar-refractivity contribution >= 4 is 22.4 Å². The number of hydrogen-bond acceptors (Lipinski definition) is 5. The standard InChI is InChI=1S/C13H18N2O3S/c1-7-5-15(6-8(2)18-7)13-14-11-9(12(16)17)3-4-10(11)19-13/h7-9H,3-6H2,1-2H3,(H,16,17). The summed E-state index contributed by atoms with van der Waals surface area (Å²) in [6, 6.07) is 0. The van der Waals surface area contributed by atoms with Crippen molar-refractivity contribution in [3.05, 3.63) is 10.6 Å². The number of anilines is 1. The maximum atomic E-state index is 11.2. The van der Waals surface area contributed by atoms with Gasteiger partial charge in [0.1, 0.15) is 5.92 Å². The molecule has 6 heteroatoms. The summed E-state index contributed by atoms with van der Waals surface area (Å²) in [5.41, 5.74) is 0.791. The van der Waals surface area contributed by atoms with E-state index in [2.05, 4.69) is 23.7 Å². The smallest absolute Gasteiger partial charge is 0.312 e. The molecule has 0 aromatic carbocycles. The fourth-order valence-corrected chi connectivity index (χ4v) is 4.08. The lowest BCUT2D eigenvalue weighted by atomic mass is 10.1. The summed E-state index contributed by atoms with van der Waals surface area (Å²) in [6.07, 6.45) is 1.93. The Hall–Kier alpha value is -1.14. The second-order valence-corrected chi connectivity index (χ2v) is 6.46. The number of thiazole rings is 1. The van der Waals surface area contributed by atoms with Gasteiger partial charge in [-0.2, -0.15) is 0 Å². The molecule has 0 bridgehead atoms. The minimum atomic E-state index is -0.751. The number of rotatable bonds is 2. The van der Waals surface area contributed by atoms with Gasteiger partial charge >= 0.3 is 5.97 Å². The zero-order valence-electron chi connectivity index (χ0n) is 11.1. The van der Waals surface area contributed by atoms with Crippen molar-refractivity contribution < 1.29 is 14.6 Å². The van der Waals surface area contributed by atoms with Crippen LogP contribution in [0.2, 0.25) is 0 Å².